The average Bonchev–Trinajstić information content (AvgIpc) is 3.16. The maximum atomic E-state index is 12.7. The van der Waals surface area contributed by atoms with Gasteiger partial charge >= 0.3 is 5.69 Å². The lowest BCUT2D eigenvalue weighted by molar-refractivity contribution is -0.121. The van der Waals surface area contributed by atoms with E-state index in [-0.39, 0.29) is 18.2 Å². The highest BCUT2D eigenvalue weighted by Crippen LogP contribution is 2.12. The minimum atomic E-state index is -0.571. The predicted molar refractivity (Wildman–Crippen MR) is 119 cm³/mol. The van der Waals surface area contributed by atoms with Crippen molar-refractivity contribution in [1.29, 1.82) is 0 Å². The molecule has 170 valence electrons. The zero-order valence-electron chi connectivity index (χ0n) is 18.6. The number of morpholine rings is 1. The van der Waals surface area contributed by atoms with Crippen LogP contribution in [0.15, 0.2) is 40.2 Å². The Morgan fingerprint density at radius 1 is 1.25 bits per heavy atom. The molecule has 0 aliphatic carbocycles. The molecule has 0 spiro atoms. The lowest BCUT2D eigenvalue weighted by Crippen LogP contribution is -2.43. The van der Waals surface area contributed by atoms with Gasteiger partial charge in [0.25, 0.3) is 5.56 Å². The fourth-order valence-corrected chi connectivity index (χ4v) is 4.07. The molecule has 1 N–H and O–H groups in total. The highest BCUT2D eigenvalue weighted by molar-refractivity contribution is 5.76. The van der Waals surface area contributed by atoms with Gasteiger partial charge < -0.3 is 14.6 Å². The summed E-state index contributed by atoms with van der Waals surface area (Å²) in [6.07, 6.45) is 1.70. The van der Waals surface area contributed by atoms with E-state index in [9.17, 15) is 14.4 Å². The van der Waals surface area contributed by atoms with Gasteiger partial charge in [-0.05, 0) is 18.1 Å². The third-order valence-corrected chi connectivity index (χ3v) is 5.72. The van der Waals surface area contributed by atoms with Crippen LogP contribution < -0.4 is 16.6 Å². The van der Waals surface area contributed by atoms with Crippen LogP contribution in [0.2, 0.25) is 0 Å². The van der Waals surface area contributed by atoms with Crippen LogP contribution in [0, 0.1) is 0 Å². The van der Waals surface area contributed by atoms with Crippen molar-refractivity contribution in [3.05, 3.63) is 62.6 Å². The van der Waals surface area contributed by atoms with Crippen molar-refractivity contribution in [3.63, 3.8) is 0 Å². The molecule has 0 bridgehead atoms. The van der Waals surface area contributed by atoms with E-state index in [0.717, 1.165) is 41.9 Å². The zero-order chi connectivity index (χ0) is 22.8. The van der Waals surface area contributed by atoms with E-state index in [4.69, 9.17) is 4.74 Å². The molecular weight excluding hydrogens is 412 g/mol. The molecule has 1 aliphatic rings. The molecule has 3 heterocycles. The summed E-state index contributed by atoms with van der Waals surface area (Å²) in [7, 11) is 3.21. The third-order valence-electron chi connectivity index (χ3n) is 5.72. The van der Waals surface area contributed by atoms with Crippen molar-refractivity contribution >= 4 is 17.1 Å². The molecule has 3 aromatic rings. The number of imidazole rings is 1. The lowest BCUT2D eigenvalue weighted by atomic mass is 10.1. The fourth-order valence-electron chi connectivity index (χ4n) is 4.07. The molecule has 0 radical (unpaired) electrons. The van der Waals surface area contributed by atoms with Crippen molar-refractivity contribution in [2.24, 2.45) is 14.1 Å². The largest absolute Gasteiger partial charge is 0.376 e. The second-order valence-corrected chi connectivity index (χ2v) is 8.27. The molecule has 1 aromatic carbocycles. The monoisotopic (exact) mass is 440 g/mol. The van der Waals surface area contributed by atoms with Gasteiger partial charge in [-0.1, -0.05) is 24.3 Å². The summed E-state index contributed by atoms with van der Waals surface area (Å²) in [6.45, 7) is 5.39. The maximum Gasteiger partial charge on any atom is 0.332 e. The molecule has 1 fully saturated rings. The number of rotatable bonds is 6. The molecular formula is C22H28N6O4. The number of nitrogens with zero attached hydrogens (tertiary/aromatic N) is 5. The van der Waals surface area contributed by atoms with Crippen molar-refractivity contribution in [3.8, 4) is 0 Å². The Balaban J connectivity index is 1.42. The fraction of sp³-hybridized carbons (Fsp3) is 0.455. The van der Waals surface area contributed by atoms with Crippen LogP contribution in [0.25, 0.3) is 11.2 Å². The highest BCUT2D eigenvalue weighted by atomic mass is 16.5. The summed E-state index contributed by atoms with van der Waals surface area (Å²) < 4.78 is 9.36. The smallest absolute Gasteiger partial charge is 0.332 e. The first-order valence-electron chi connectivity index (χ1n) is 10.6. The number of carbonyl (C=O) groups excluding carboxylic acids is 1. The van der Waals surface area contributed by atoms with E-state index in [1.165, 1.54) is 17.9 Å². The number of nitrogens with one attached hydrogen (secondary N) is 1. The van der Waals surface area contributed by atoms with E-state index in [0.29, 0.717) is 12.2 Å². The quantitative estimate of drug-likeness (QED) is 0.578. The van der Waals surface area contributed by atoms with Crippen LogP contribution in [-0.4, -0.2) is 55.3 Å². The van der Waals surface area contributed by atoms with E-state index in [1.807, 2.05) is 12.1 Å². The Morgan fingerprint density at radius 2 is 2.03 bits per heavy atom. The number of hydrogen-bond acceptors (Lipinski definition) is 6. The first-order valence-corrected chi connectivity index (χ1v) is 10.6. The van der Waals surface area contributed by atoms with Crippen LogP contribution in [0.3, 0.4) is 0 Å². The summed E-state index contributed by atoms with van der Waals surface area (Å²) in [5.74, 6) is -0.405. The molecule has 1 aliphatic heterocycles. The van der Waals surface area contributed by atoms with E-state index >= 15 is 0 Å². The summed E-state index contributed by atoms with van der Waals surface area (Å²) in [4.78, 5) is 44.3. The van der Waals surface area contributed by atoms with Crippen molar-refractivity contribution in [1.82, 2.24) is 28.9 Å². The van der Waals surface area contributed by atoms with Crippen LogP contribution in [0.5, 0.6) is 0 Å². The molecule has 2 aromatic heterocycles. The zero-order valence-corrected chi connectivity index (χ0v) is 18.6. The summed E-state index contributed by atoms with van der Waals surface area (Å²) in [5.41, 5.74) is 1.60. The minimum absolute atomic E-state index is 0.230. The van der Waals surface area contributed by atoms with Gasteiger partial charge in [0.05, 0.1) is 19.0 Å². The Kier molecular flexibility index (Phi) is 6.24. The second-order valence-electron chi connectivity index (χ2n) is 8.27. The summed E-state index contributed by atoms with van der Waals surface area (Å²) >= 11 is 0. The van der Waals surface area contributed by atoms with Gasteiger partial charge in [-0.3, -0.25) is 19.1 Å². The molecule has 10 heteroatoms. The summed E-state index contributed by atoms with van der Waals surface area (Å²) in [6, 6.07) is 8.04. The molecule has 1 unspecified atom stereocenters. The van der Waals surface area contributed by atoms with Gasteiger partial charge in [-0.2, -0.15) is 0 Å². The number of amides is 1. The molecule has 10 nitrogen and oxygen atoms in total. The van der Waals surface area contributed by atoms with Crippen LogP contribution in [-0.2, 0) is 43.3 Å². The number of aromatic nitrogens is 4. The SMILES string of the molecule is CC1CN(Cc2cccc(CNC(=O)Cn3c(=O)c4c(ncn4C)n(C)c3=O)c2)CCO1. The molecule has 4 rings (SSSR count). The number of hydrogen-bond donors (Lipinski definition) is 1. The molecule has 32 heavy (non-hydrogen) atoms. The van der Waals surface area contributed by atoms with Crippen LogP contribution >= 0.6 is 0 Å². The second kappa shape index (κ2) is 9.09. The Labute approximate surface area is 185 Å². The number of benzene rings is 1. The topological polar surface area (TPSA) is 103 Å². The Morgan fingerprint density at radius 3 is 2.81 bits per heavy atom. The molecule has 1 atom stereocenters. The van der Waals surface area contributed by atoms with Gasteiger partial charge in [0.15, 0.2) is 11.2 Å². The average molecular weight is 441 g/mol. The Hall–Kier alpha value is -3.24. The van der Waals surface area contributed by atoms with E-state index in [2.05, 4.69) is 34.3 Å². The van der Waals surface area contributed by atoms with E-state index < -0.39 is 17.2 Å². The predicted octanol–water partition coefficient (Wildman–Crippen LogP) is -0.0292. The number of aryl methyl sites for hydroxylation is 2. The number of carbonyl (C=O) groups is 1. The van der Waals surface area contributed by atoms with E-state index in [1.54, 1.807) is 11.6 Å². The standard InChI is InChI=1S/C22H28N6O4/c1-15-11-27(7-8-32-15)12-17-6-4-5-16(9-17)10-23-18(29)13-28-21(30)19-20(24-14-25(19)2)26(3)22(28)31/h4-6,9,14-15H,7-8,10-13H2,1-3H3,(H,23,29). The molecule has 1 saturated heterocycles. The number of ether oxygens (including phenoxy) is 1. The lowest BCUT2D eigenvalue weighted by Gasteiger charge is -2.31. The normalized spacial score (nSPS) is 17.0. The first kappa shape index (κ1) is 22.0. The van der Waals surface area contributed by atoms with Crippen molar-refractivity contribution in [2.75, 3.05) is 19.7 Å². The van der Waals surface area contributed by atoms with Crippen molar-refractivity contribution in [2.45, 2.75) is 32.7 Å². The molecule has 0 saturated carbocycles. The Bertz CT molecular complexity index is 1260. The van der Waals surface area contributed by atoms with Gasteiger partial charge in [-0.15, -0.1) is 0 Å². The first-order chi connectivity index (χ1) is 15.3. The summed E-state index contributed by atoms with van der Waals surface area (Å²) in [5, 5.41) is 2.81. The minimum Gasteiger partial charge on any atom is -0.376 e. The van der Waals surface area contributed by atoms with Gasteiger partial charge in [0, 0.05) is 40.3 Å². The maximum absolute atomic E-state index is 12.7. The number of fused-ring (bicyclic) bond motifs is 1. The van der Waals surface area contributed by atoms with Crippen molar-refractivity contribution < 1.29 is 9.53 Å². The highest BCUT2D eigenvalue weighted by Gasteiger charge is 2.18. The third kappa shape index (κ3) is 4.51. The van der Waals surface area contributed by atoms with Gasteiger partial charge in [0.2, 0.25) is 5.91 Å². The van der Waals surface area contributed by atoms with Gasteiger partial charge in [0.1, 0.15) is 6.54 Å². The molecule has 1 amide bonds. The van der Waals surface area contributed by atoms with Crippen LogP contribution in [0.4, 0.5) is 0 Å². The van der Waals surface area contributed by atoms with Gasteiger partial charge in [-0.25, -0.2) is 14.3 Å². The van der Waals surface area contributed by atoms with Crippen LogP contribution in [0.1, 0.15) is 18.1 Å².